The average molecular weight is 301 g/mol. The van der Waals surface area contributed by atoms with Crippen molar-refractivity contribution in [2.24, 2.45) is 0 Å². The summed E-state index contributed by atoms with van der Waals surface area (Å²) in [6, 6.07) is 11.3. The molecule has 0 spiro atoms. The van der Waals surface area contributed by atoms with Gasteiger partial charge in [0.05, 0.1) is 0 Å². The summed E-state index contributed by atoms with van der Waals surface area (Å²) in [6.07, 6.45) is 5.57. The number of imidazole rings is 1. The summed E-state index contributed by atoms with van der Waals surface area (Å²) in [5.41, 5.74) is 2.72. The number of rotatable bonds is 4. The van der Waals surface area contributed by atoms with Crippen molar-refractivity contribution in [1.29, 1.82) is 0 Å². The minimum Gasteiger partial charge on any atom is -0.337 e. The van der Waals surface area contributed by atoms with Gasteiger partial charge in [-0.3, -0.25) is 4.90 Å². The van der Waals surface area contributed by atoms with Crippen LogP contribution >= 0.6 is 12.2 Å². The summed E-state index contributed by atoms with van der Waals surface area (Å²) < 4.78 is 3.21. The van der Waals surface area contributed by atoms with E-state index in [1.165, 1.54) is 30.6 Å². The fraction of sp³-hybridized carbons (Fsp3) is 0.471. The number of H-pyrrole nitrogens is 1. The maximum absolute atomic E-state index is 5.48. The molecule has 0 aliphatic carbocycles. The van der Waals surface area contributed by atoms with Crippen LogP contribution in [0.15, 0.2) is 36.5 Å². The molecular formula is C17H23N3S. The van der Waals surface area contributed by atoms with Crippen molar-refractivity contribution in [3.8, 4) is 0 Å². The molecular weight excluding hydrogens is 278 g/mol. The summed E-state index contributed by atoms with van der Waals surface area (Å²) >= 11 is 5.48. The molecule has 3 rings (SSSR count). The molecule has 2 aromatic rings. The molecule has 0 bridgehead atoms. The van der Waals surface area contributed by atoms with Gasteiger partial charge in [0.15, 0.2) is 4.77 Å². The number of nitrogens with zero attached hydrogens (tertiary/aromatic N) is 2. The Morgan fingerprint density at radius 2 is 2.10 bits per heavy atom. The number of aromatic nitrogens is 2. The maximum atomic E-state index is 5.48. The zero-order valence-corrected chi connectivity index (χ0v) is 13.4. The molecule has 2 heterocycles. The number of hydrogen-bond donors (Lipinski definition) is 1. The van der Waals surface area contributed by atoms with Crippen molar-refractivity contribution in [1.82, 2.24) is 14.5 Å². The molecule has 0 radical (unpaired) electrons. The molecule has 1 aliphatic rings. The van der Waals surface area contributed by atoms with E-state index in [1.807, 2.05) is 0 Å². The van der Waals surface area contributed by atoms with Crippen molar-refractivity contribution in [2.75, 3.05) is 13.1 Å². The van der Waals surface area contributed by atoms with Gasteiger partial charge in [0.25, 0.3) is 0 Å². The van der Waals surface area contributed by atoms with Gasteiger partial charge < -0.3 is 9.55 Å². The first-order valence-corrected chi connectivity index (χ1v) is 8.24. The Kier molecular flexibility index (Phi) is 4.56. The van der Waals surface area contributed by atoms with Crippen molar-refractivity contribution < 1.29 is 0 Å². The number of nitrogens with one attached hydrogen (secondary N) is 1. The Bertz CT molecular complexity index is 629. The smallest absolute Gasteiger partial charge is 0.177 e. The highest BCUT2D eigenvalue weighted by molar-refractivity contribution is 7.71. The second-order valence-corrected chi connectivity index (χ2v) is 6.21. The second kappa shape index (κ2) is 6.58. The summed E-state index contributed by atoms with van der Waals surface area (Å²) in [6.45, 7) is 5.51. The molecule has 0 saturated carbocycles. The first-order valence-electron chi connectivity index (χ1n) is 7.83. The van der Waals surface area contributed by atoms with E-state index in [9.17, 15) is 0 Å². The van der Waals surface area contributed by atoms with Gasteiger partial charge in [-0.2, -0.15) is 0 Å². The number of aryl methyl sites for hydroxylation is 1. The summed E-state index contributed by atoms with van der Waals surface area (Å²) in [4.78, 5) is 5.76. The summed E-state index contributed by atoms with van der Waals surface area (Å²) in [5, 5.41) is 0. The van der Waals surface area contributed by atoms with Crippen LogP contribution < -0.4 is 0 Å². The number of hydrogen-bond acceptors (Lipinski definition) is 2. The first-order chi connectivity index (χ1) is 10.3. The van der Waals surface area contributed by atoms with E-state index in [2.05, 4.69) is 57.9 Å². The predicted molar refractivity (Wildman–Crippen MR) is 89.0 cm³/mol. The van der Waals surface area contributed by atoms with Gasteiger partial charge >= 0.3 is 0 Å². The molecule has 1 aromatic heterocycles. The van der Waals surface area contributed by atoms with Crippen molar-refractivity contribution in [3.63, 3.8) is 0 Å². The minimum absolute atomic E-state index is 0.510. The van der Waals surface area contributed by atoms with Crippen molar-refractivity contribution in [2.45, 2.75) is 38.8 Å². The molecule has 1 aliphatic heterocycles. The molecule has 1 fully saturated rings. The molecule has 1 saturated heterocycles. The Hall–Kier alpha value is -1.39. The van der Waals surface area contributed by atoms with Crippen LogP contribution in [0.4, 0.5) is 0 Å². The van der Waals surface area contributed by atoms with E-state index in [0.29, 0.717) is 6.04 Å². The molecule has 1 unspecified atom stereocenters. The quantitative estimate of drug-likeness (QED) is 0.865. The first kappa shape index (κ1) is 14.5. The fourth-order valence-corrected chi connectivity index (χ4v) is 3.64. The van der Waals surface area contributed by atoms with Crippen LogP contribution in [0, 0.1) is 4.77 Å². The third kappa shape index (κ3) is 3.27. The van der Waals surface area contributed by atoms with Crippen LogP contribution in [-0.2, 0) is 13.0 Å². The third-order valence-corrected chi connectivity index (χ3v) is 4.66. The predicted octanol–water partition coefficient (Wildman–Crippen LogP) is 3.95. The molecule has 3 nitrogen and oxygen atoms in total. The lowest BCUT2D eigenvalue weighted by atomic mass is 10.0. The highest BCUT2D eigenvalue weighted by Crippen LogP contribution is 2.25. The summed E-state index contributed by atoms with van der Waals surface area (Å²) in [7, 11) is 0. The van der Waals surface area contributed by atoms with Gasteiger partial charge in [-0.15, -0.1) is 0 Å². The molecule has 1 aromatic carbocycles. The van der Waals surface area contributed by atoms with Crippen LogP contribution in [0.2, 0.25) is 0 Å². The van der Waals surface area contributed by atoms with Gasteiger partial charge in [0, 0.05) is 31.0 Å². The highest BCUT2D eigenvalue weighted by Gasteiger charge is 2.23. The monoisotopic (exact) mass is 301 g/mol. The Balaban J connectivity index is 1.74. The zero-order valence-electron chi connectivity index (χ0n) is 12.6. The molecule has 112 valence electrons. The zero-order chi connectivity index (χ0) is 14.7. The van der Waals surface area contributed by atoms with Crippen LogP contribution in [0.25, 0.3) is 0 Å². The third-order valence-electron chi connectivity index (χ3n) is 4.35. The Labute approximate surface area is 131 Å². The molecule has 1 atom stereocenters. The molecule has 1 N–H and O–H groups in total. The number of likely N-dealkylation sites (tertiary alicyclic amines) is 1. The Morgan fingerprint density at radius 3 is 2.86 bits per heavy atom. The van der Waals surface area contributed by atoms with Crippen molar-refractivity contribution >= 4 is 12.2 Å². The standard InChI is InChI=1S/C17H23N3S/c1-2-15-11-18-17(21)20(15)16-9-6-10-19(13-16)12-14-7-4-3-5-8-14/h3-5,7-8,11,16H,2,6,9-10,12-13H2,1H3,(H,18,21). The minimum atomic E-state index is 0.510. The molecule has 21 heavy (non-hydrogen) atoms. The van der Waals surface area contributed by atoms with Crippen LogP contribution in [0.5, 0.6) is 0 Å². The van der Waals surface area contributed by atoms with Crippen molar-refractivity contribution in [3.05, 3.63) is 52.6 Å². The van der Waals surface area contributed by atoms with Crippen LogP contribution in [0.1, 0.15) is 37.1 Å². The van der Waals surface area contributed by atoms with E-state index in [0.717, 1.165) is 24.3 Å². The number of piperidine rings is 1. The lowest BCUT2D eigenvalue weighted by Crippen LogP contribution is -2.36. The Morgan fingerprint density at radius 1 is 1.29 bits per heavy atom. The van der Waals surface area contributed by atoms with Gasteiger partial charge in [-0.1, -0.05) is 37.3 Å². The van der Waals surface area contributed by atoms with Gasteiger partial charge in [-0.05, 0) is 43.6 Å². The van der Waals surface area contributed by atoms with E-state index in [4.69, 9.17) is 12.2 Å². The number of benzene rings is 1. The average Bonchev–Trinajstić information content (AvgIpc) is 2.89. The molecule has 0 amide bonds. The topological polar surface area (TPSA) is 24.0 Å². The van der Waals surface area contributed by atoms with Gasteiger partial charge in [0.2, 0.25) is 0 Å². The molecule has 4 heteroatoms. The lowest BCUT2D eigenvalue weighted by Gasteiger charge is -2.34. The second-order valence-electron chi connectivity index (χ2n) is 5.83. The van der Waals surface area contributed by atoms with E-state index < -0.39 is 0 Å². The SMILES string of the molecule is CCc1c[nH]c(=S)n1C1CCCN(Cc2ccccc2)C1. The van der Waals surface area contributed by atoms with Gasteiger partial charge in [-0.25, -0.2) is 0 Å². The number of aromatic amines is 1. The van der Waals surface area contributed by atoms with E-state index in [1.54, 1.807) is 0 Å². The normalized spacial score (nSPS) is 19.8. The van der Waals surface area contributed by atoms with E-state index >= 15 is 0 Å². The summed E-state index contributed by atoms with van der Waals surface area (Å²) in [5.74, 6) is 0. The maximum Gasteiger partial charge on any atom is 0.177 e. The lowest BCUT2D eigenvalue weighted by molar-refractivity contribution is 0.168. The largest absolute Gasteiger partial charge is 0.337 e. The van der Waals surface area contributed by atoms with Gasteiger partial charge in [0.1, 0.15) is 0 Å². The van der Waals surface area contributed by atoms with Crippen LogP contribution in [-0.4, -0.2) is 27.5 Å². The van der Waals surface area contributed by atoms with Crippen LogP contribution in [0.3, 0.4) is 0 Å². The highest BCUT2D eigenvalue weighted by atomic mass is 32.1. The fourth-order valence-electron chi connectivity index (χ4n) is 3.31. The van der Waals surface area contributed by atoms with E-state index in [-0.39, 0.29) is 0 Å².